The van der Waals surface area contributed by atoms with Crippen LogP contribution in [0.3, 0.4) is 0 Å². The van der Waals surface area contributed by atoms with Crippen molar-refractivity contribution in [2.75, 3.05) is 27.1 Å². The number of nitrogens with one attached hydrogen (secondary N) is 1. The maximum Gasteiger partial charge on any atom is 0.417 e. The van der Waals surface area contributed by atoms with Gasteiger partial charge in [-0.1, -0.05) is 11.8 Å². The molecular formula is C20H20F3N3O4S. The first kappa shape index (κ1) is 24.1. The van der Waals surface area contributed by atoms with Crippen LogP contribution in [0, 0.1) is 18.3 Å². The zero-order valence-corrected chi connectivity index (χ0v) is 18.0. The summed E-state index contributed by atoms with van der Waals surface area (Å²) in [6, 6.07) is 5.62. The highest BCUT2D eigenvalue weighted by atomic mass is 32.2. The van der Waals surface area contributed by atoms with Crippen LogP contribution in [0.2, 0.25) is 0 Å². The molecule has 0 saturated heterocycles. The number of thioether (sulfide) groups is 1. The van der Waals surface area contributed by atoms with E-state index in [9.17, 15) is 23.2 Å². The quantitative estimate of drug-likeness (QED) is 0.607. The number of nitriles is 1. The minimum Gasteiger partial charge on any atom is -0.496 e. The Bertz CT molecular complexity index is 1010. The smallest absolute Gasteiger partial charge is 0.417 e. The summed E-state index contributed by atoms with van der Waals surface area (Å²) in [4.78, 5) is 16.3. The molecule has 2 aromatic rings. The van der Waals surface area contributed by atoms with Gasteiger partial charge in [-0.05, 0) is 19.1 Å². The van der Waals surface area contributed by atoms with Gasteiger partial charge in [0.1, 0.15) is 16.8 Å². The number of pyridine rings is 1. The molecule has 11 heteroatoms. The van der Waals surface area contributed by atoms with Crippen LogP contribution >= 0.6 is 11.8 Å². The highest BCUT2D eigenvalue weighted by Crippen LogP contribution is 2.36. The van der Waals surface area contributed by atoms with Gasteiger partial charge in [-0.25, -0.2) is 4.98 Å². The van der Waals surface area contributed by atoms with Gasteiger partial charge in [-0.2, -0.15) is 18.4 Å². The molecule has 0 fully saturated rings. The summed E-state index contributed by atoms with van der Waals surface area (Å²) >= 11 is 0.761. The van der Waals surface area contributed by atoms with Crippen LogP contribution < -0.4 is 19.5 Å². The lowest BCUT2D eigenvalue weighted by atomic mass is 10.1. The molecule has 0 bridgehead atoms. The topological polar surface area (TPSA) is 93.5 Å². The van der Waals surface area contributed by atoms with Crippen LogP contribution in [0.25, 0.3) is 0 Å². The Morgan fingerprint density at radius 2 is 1.74 bits per heavy atom. The first-order valence-electron chi connectivity index (χ1n) is 8.81. The second kappa shape index (κ2) is 10.3. The molecule has 31 heavy (non-hydrogen) atoms. The largest absolute Gasteiger partial charge is 0.496 e. The van der Waals surface area contributed by atoms with E-state index in [1.807, 2.05) is 0 Å². The van der Waals surface area contributed by atoms with Gasteiger partial charge >= 0.3 is 6.18 Å². The molecular weight excluding hydrogens is 435 g/mol. The Labute approximate surface area is 181 Å². The molecule has 2 rings (SSSR count). The molecule has 1 amide bonds. The lowest BCUT2D eigenvalue weighted by Crippen LogP contribution is -2.25. The normalized spacial score (nSPS) is 10.9. The molecule has 166 valence electrons. The van der Waals surface area contributed by atoms with Gasteiger partial charge in [0, 0.05) is 23.9 Å². The third-order valence-corrected chi connectivity index (χ3v) is 5.11. The maximum absolute atomic E-state index is 13.2. The number of rotatable bonds is 8. The Kier molecular flexibility index (Phi) is 7.99. The van der Waals surface area contributed by atoms with Crippen molar-refractivity contribution in [1.82, 2.24) is 10.3 Å². The Morgan fingerprint density at radius 3 is 2.29 bits per heavy atom. The van der Waals surface area contributed by atoms with E-state index in [2.05, 4.69) is 10.3 Å². The molecule has 0 unspecified atom stereocenters. The molecule has 0 spiro atoms. The fraction of sp³-hybridized carbons (Fsp3) is 0.350. The minimum atomic E-state index is -4.69. The monoisotopic (exact) mass is 455 g/mol. The SMILES string of the molecule is COc1cc(OC)c(OC)cc1CNC(=O)CSc1nc(C)cc(C(F)(F)F)c1C#N. The molecule has 0 aliphatic heterocycles. The summed E-state index contributed by atoms with van der Waals surface area (Å²) in [7, 11) is 4.42. The molecule has 0 radical (unpaired) electrons. The van der Waals surface area contributed by atoms with Gasteiger partial charge in [0.05, 0.1) is 38.2 Å². The van der Waals surface area contributed by atoms with E-state index >= 15 is 0 Å². The van der Waals surface area contributed by atoms with Crippen molar-refractivity contribution < 1.29 is 32.2 Å². The predicted octanol–water partition coefficient (Wildman–Crippen LogP) is 3.71. The molecule has 0 saturated carbocycles. The van der Waals surface area contributed by atoms with Crippen LogP contribution in [0.15, 0.2) is 23.2 Å². The van der Waals surface area contributed by atoms with Gasteiger partial charge in [0.2, 0.25) is 5.91 Å². The number of halogens is 3. The average molecular weight is 455 g/mol. The van der Waals surface area contributed by atoms with Gasteiger partial charge in [0.25, 0.3) is 0 Å². The van der Waals surface area contributed by atoms with E-state index in [0.717, 1.165) is 17.8 Å². The molecule has 1 heterocycles. The van der Waals surface area contributed by atoms with Crippen molar-refractivity contribution in [1.29, 1.82) is 5.26 Å². The van der Waals surface area contributed by atoms with Gasteiger partial charge in [-0.15, -0.1) is 0 Å². The molecule has 1 aromatic heterocycles. The van der Waals surface area contributed by atoms with Crippen LogP contribution in [0.1, 0.15) is 22.4 Å². The van der Waals surface area contributed by atoms with Crippen LogP contribution in [-0.2, 0) is 17.5 Å². The number of aromatic nitrogens is 1. The summed E-state index contributed by atoms with van der Waals surface area (Å²) in [6.07, 6.45) is -4.69. The number of carbonyl (C=O) groups is 1. The molecule has 1 N–H and O–H groups in total. The van der Waals surface area contributed by atoms with E-state index in [1.165, 1.54) is 28.3 Å². The van der Waals surface area contributed by atoms with E-state index in [4.69, 9.17) is 14.2 Å². The fourth-order valence-electron chi connectivity index (χ4n) is 2.69. The van der Waals surface area contributed by atoms with E-state index < -0.39 is 23.2 Å². The second-order valence-electron chi connectivity index (χ2n) is 6.19. The van der Waals surface area contributed by atoms with E-state index in [0.29, 0.717) is 22.8 Å². The number of hydrogen-bond donors (Lipinski definition) is 1. The summed E-state index contributed by atoms with van der Waals surface area (Å²) in [6.45, 7) is 1.48. The van der Waals surface area contributed by atoms with Crippen molar-refractivity contribution in [3.05, 3.63) is 40.6 Å². The molecule has 0 aliphatic rings. The predicted molar refractivity (Wildman–Crippen MR) is 107 cm³/mol. The number of alkyl halides is 3. The standard InChI is InChI=1S/C20H20F3N3O4S/c1-11-5-14(20(21,22)23)13(8-24)19(26-11)31-10-18(27)25-9-12-6-16(29-3)17(30-4)7-15(12)28-2/h5-7H,9-10H2,1-4H3,(H,25,27). The number of amides is 1. The van der Waals surface area contributed by atoms with Crippen LogP contribution in [-0.4, -0.2) is 38.0 Å². The fourth-order valence-corrected chi connectivity index (χ4v) is 3.57. The highest BCUT2D eigenvalue weighted by Gasteiger charge is 2.35. The van der Waals surface area contributed by atoms with Crippen LogP contribution in [0.5, 0.6) is 17.2 Å². The summed E-state index contributed by atoms with van der Waals surface area (Å²) in [5, 5.41) is 11.7. The first-order valence-corrected chi connectivity index (χ1v) is 9.80. The molecule has 0 aliphatic carbocycles. The van der Waals surface area contributed by atoms with Gasteiger partial charge in [-0.3, -0.25) is 4.79 Å². The van der Waals surface area contributed by atoms with E-state index in [-0.39, 0.29) is 23.0 Å². The number of ether oxygens (including phenoxy) is 3. The lowest BCUT2D eigenvalue weighted by Gasteiger charge is -2.15. The number of aryl methyl sites for hydroxylation is 1. The van der Waals surface area contributed by atoms with Crippen molar-refractivity contribution in [2.45, 2.75) is 24.7 Å². The Hall–Kier alpha value is -3.13. The Morgan fingerprint density at radius 1 is 1.13 bits per heavy atom. The van der Waals surface area contributed by atoms with Gasteiger partial charge < -0.3 is 19.5 Å². The van der Waals surface area contributed by atoms with E-state index in [1.54, 1.807) is 18.2 Å². The number of hydrogen-bond acceptors (Lipinski definition) is 7. The number of nitrogens with zero attached hydrogens (tertiary/aromatic N) is 2. The first-order chi connectivity index (χ1) is 14.6. The lowest BCUT2D eigenvalue weighted by molar-refractivity contribution is -0.138. The Balaban J connectivity index is 2.12. The number of carbonyl (C=O) groups excluding carboxylic acids is 1. The highest BCUT2D eigenvalue weighted by molar-refractivity contribution is 8.00. The van der Waals surface area contributed by atoms with Gasteiger partial charge in [0.15, 0.2) is 11.5 Å². The summed E-state index contributed by atoms with van der Waals surface area (Å²) in [5.74, 6) is 0.692. The third kappa shape index (κ3) is 5.95. The minimum absolute atomic E-state index is 0.0864. The van der Waals surface area contributed by atoms with Crippen molar-refractivity contribution in [3.63, 3.8) is 0 Å². The third-order valence-electron chi connectivity index (χ3n) is 4.13. The zero-order valence-electron chi connectivity index (χ0n) is 17.2. The number of methoxy groups -OCH3 is 3. The van der Waals surface area contributed by atoms with Crippen molar-refractivity contribution in [3.8, 4) is 23.3 Å². The molecule has 0 atom stereocenters. The molecule has 1 aromatic carbocycles. The summed E-state index contributed by atoms with van der Waals surface area (Å²) < 4.78 is 55.3. The van der Waals surface area contributed by atoms with Crippen molar-refractivity contribution in [2.24, 2.45) is 0 Å². The number of benzene rings is 1. The summed E-state index contributed by atoms with van der Waals surface area (Å²) in [5.41, 5.74) is -0.952. The van der Waals surface area contributed by atoms with Crippen molar-refractivity contribution >= 4 is 17.7 Å². The average Bonchev–Trinajstić information content (AvgIpc) is 2.74. The van der Waals surface area contributed by atoms with Crippen LogP contribution in [0.4, 0.5) is 13.2 Å². The molecule has 7 nitrogen and oxygen atoms in total. The maximum atomic E-state index is 13.2. The second-order valence-corrected chi connectivity index (χ2v) is 7.15. The zero-order chi connectivity index (χ0) is 23.2.